The molecule has 0 aliphatic heterocycles. The summed E-state index contributed by atoms with van der Waals surface area (Å²) in [4.78, 5) is 12.7. The van der Waals surface area contributed by atoms with Gasteiger partial charge in [-0.1, -0.05) is 58.2 Å². The van der Waals surface area contributed by atoms with E-state index in [-0.39, 0.29) is 17.6 Å². The average molecular weight is 409 g/mol. The van der Waals surface area contributed by atoms with Crippen molar-refractivity contribution in [3.05, 3.63) is 77.2 Å². The van der Waals surface area contributed by atoms with Crippen LogP contribution in [0.15, 0.2) is 54.6 Å². The van der Waals surface area contributed by atoms with Crippen LogP contribution in [0, 0.1) is 5.82 Å². The first kappa shape index (κ1) is 21.8. The van der Waals surface area contributed by atoms with E-state index in [0.717, 1.165) is 18.5 Å². The molecule has 2 aromatic carbocycles. The summed E-state index contributed by atoms with van der Waals surface area (Å²) in [6, 6.07) is 15.3. The van der Waals surface area contributed by atoms with Gasteiger partial charge in [0.15, 0.2) is 0 Å². The molecule has 0 fully saturated rings. The molecule has 1 heterocycles. The summed E-state index contributed by atoms with van der Waals surface area (Å²) >= 11 is 0. The number of aromatic nitrogens is 2. The van der Waals surface area contributed by atoms with Gasteiger partial charge in [0.1, 0.15) is 5.82 Å². The Morgan fingerprint density at radius 3 is 2.50 bits per heavy atom. The molecular weight excluding hydrogens is 379 g/mol. The van der Waals surface area contributed by atoms with Gasteiger partial charge in [-0.15, -0.1) is 0 Å². The van der Waals surface area contributed by atoms with Gasteiger partial charge in [-0.05, 0) is 54.7 Å². The molecule has 0 unspecified atom stereocenters. The van der Waals surface area contributed by atoms with E-state index in [1.165, 1.54) is 41.6 Å². The summed E-state index contributed by atoms with van der Waals surface area (Å²) in [5, 5.41) is 4.50. The van der Waals surface area contributed by atoms with Gasteiger partial charge in [-0.2, -0.15) is 5.10 Å². The highest BCUT2D eigenvalue weighted by Crippen LogP contribution is 2.25. The minimum absolute atomic E-state index is 0.143. The van der Waals surface area contributed by atoms with Crippen LogP contribution in [0.25, 0.3) is 5.69 Å². The van der Waals surface area contributed by atoms with E-state index in [0.29, 0.717) is 11.3 Å². The van der Waals surface area contributed by atoms with E-state index in [1.807, 2.05) is 26.0 Å². The van der Waals surface area contributed by atoms with Crippen LogP contribution in [-0.2, 0) is 6.42 Å². The number of halogens is 1. The summed E-state index contributed by atoms with van der Waals surface area (Å²) in [5.41, 5.74) is 2.97. The Kier molecular flexibility index (Phi) is 7.39. The first-order chi connectivity index (χ1) is 14.5. The number of nitrogens with zero attached hydrogens (tertiary/aromatic N) is 2. The Balaban J connectivity index is 1.76. The number of hydrogen-bond acceptors (Lipinski definition) is 3. The molecule has 158 valence electrons. The number of carbonyl (C=O) groups is 1. The molecule has 1 aromatic heterocycles. The third-order valence-corrected chi connectivity index (χ3v) is 5.05. The van der Waals surface area contributed by atoms with E-state index in [2.05, 4.69) is 12.0 Å². The lowest BCUT2D eigenvalue weighted by molar-refractivity contribution is 0.0723. The highest BCUT2D eigenvalue weighted by molar-refractivity contribution is 5.91. The number of esters is 1. The summed E-state index contributed by atoms with van der Waals surface area (Å²) < 4.78 is 20.8. The topological polar surface area (TPSA) is 44.1 Å². The molecule has 0 saturated heterocycles. The fourth-order valence-electron chi connectivity index (χ4n) is 3.25. The molecule has 0 aliphatic carbocycles. The largest absolute Gasteiger partial charge is 0.404 e. The molecule has 30 heavy (non-hydrogen) atoms. The van der Waals surface area contributed by atoms with Crippen molar-refractivity contribution in [1.29, 1.82) is 0 Å². The molecule has 0 aliphatic rings. The minimum atomic E-state index is -0.458. The summed E-state index contributed by atoms with van der Waals surface area (Å²) in [7, 11) is 0. The molecule has 5 heteroatoms. The van der Waals surface area contributed by atoms with Gasteiger partial charge in [-0.3, -0.25) is 0 Å². The molecule has 0 bridgehead atoms. The van der Waals surface area contributed by atoms with Crippen molar-refractivity contribution in [2.45, 2.75) is 58.8 Å². The number of ether oxygens (including phenoxy) is 1. The Morgan fingerprint density at radius 2 is 1.83 bits per heavy atom. The van der Waals surface area contributed by atoms with Crippen LogP contribution in [-0.4, -0.2) is 15.7 Å². The summed E-state index contributed by atoms with van der Waals surface area (Å²) in [5.74, 6) is -0.413. The molecular formula is C25H29FN2O2. The molecule has 0 radical (unpaired) electrons. The van der Waals surface area contributed by atoms with E-state index in [1.54, 1.807) is 30.3 Å². The van der Waals surface area contributed by atoms with Crippen LogP contribution < -0.4 is 4.74 Å². The maximum absolute atomic E-state index is 13.7. The second-order valence-electron chi connectivity index (χ2n) is 7.85. The quantitative estimate of drug-likeness (QED) is 0.301. The van der Waals surface area contributed by atoms with Crippen LogP contribution >= 0.6 is 0 Å². The zero-order valence-corrected chi connectivity index (χ0v) is 17.9. The average Bonchev–Trinajstić information content (AvgIpc) is 3.16. The summed E-state index contributed by atoms with van der Waals surface area (Å²) in [6.07, 6.45) is 5.86. The smallest absolute Gasteiger partial charge is 0.344 e. The van der Waals surface area contributed by atoms with Crippen LogP contribution in [0.2, 0.25) is 0 Å². The van der Waals surface area contributed by atoms with Crippen LogP contribution in [0.5, 0.6) is 5.88 Å². The molecule has 4 nitrogen and oxygen atoms in total. The second kappa shape index (κ2) is 10.2. The van der Waals surface area contributed by atoms with Gasteiger partial charge in [0.2, 0.25) is 5.88 Å². The first-order valence-electron chi connectivity index (χ1n) is 10.6. The van der Waals surface area contributed by atoms with Gasteiger partial charge in [0.05, 0.1) is 16.9 Å². The van der Waals surface area contributed by atoms with Crippen molar-refractivity contribution in [1.82, 2.24) is 9.78 Å². The number of aryl methyl sites for hydroxylation is 1. The van der Waals surface area contributed by atoms with E-state index < -0.39 is 5.97 Å². The van der Waals surface area contributed by atoms with Crippen molar-refractivity contribution in [3.63, 3.8) is 0 Å². The third kappa shape index (κ3) is 5.56. The number of rotatable bonds is 9. The van der Waals surface area contributed by atoms with Crippen molar-refractivity contribution >= 4 is 5.97 Å². The number of carbonyl (C=O) groups excluding carboxylic acids is 1. The van der Waals surface area contributed by atoms with Crippen LogP contribution in [0.4, 0.5) is 4.39 Å². The zero-order valence-electron chi connectivity index (χ0n) is 17.9. The predicted octanol–water partition coefficient (Wildman–Crippen LogP) is 6.48. The Labute approximate surface area is 177 Å². The lowest BCUT2D eigenvalue weighted by Gasteiger charge is -2.08. The Bertz CT molecular complexity index is 977. The second-order valence-corrected chi connectivity index (χ2v) is 7.85. The molecule has 0 saturated carbocycles. The van der Waals surface area contributed by atoms with Crippen molar-refractivity contribution in [2.24, 2.45) is 0 Å². The monoisotopic (exact) mass is 408 g/mol. The maximum atomic E-state index is 13.7. The van der Waals surface area contributed by atoms with Gasteiger partial charge in [-0.25, -0.2) is 13.9 Å². The first-order valence-corrected chi connectivity index (χ1v) is 10.6. The highest BCUT2D eigenvalue weighted by Gasteiger charge is 2.18. The van der Waals surface area contributed by atoms with Crippen molar-refractivity contribution in [2.75, 3.05) is 0 Å². The van der Waals surface area contributed by atoms with Gasteiger partial charge in [0, 0.05) is 6.07 Å². The normalized spacial score (nSPS) is 11.1. The molecule has 0 N–H and O–H groups in total. The van der Waals surface area contributed by atoms with E-state index in [9.17, 15) is 9.18 Å². The molecule has 0 spiro atoms. The number of unbranched alkanes of at least 4 members (excludes halogenated alkanes) is 3. The Morgan fingerprint density at radius 1 is 1.07 bits per heavy atom. The van der Waals surface area contributed by atoms with Crippen molar-refractivity contribution < 1.29 is 13.9 Å². The SMILES string of the molecule is CCCCCCc1ccc(C(=O)Oc2cc(C(C)C)nn2-c2cccc(F)c2)cc1. The number of benzene rings is 2. The van der Waals surface area contributed by atoms with E-state index >= 15 is 0 Å². The lowest BCUT2D eigenvalue weighted by atomic mass is 10.0. The zero-order chi connectivity index (χ0) is 21.5. The standard InChI is InChI=1S/C25H29FN2O2/c1-4-5-6-7-9-19-12-14-20(15-13-19)25(29)30-24-17-23(18(2)3)27-28(24)22-11-8-10-21(26)16-22/h8,10-18H,4-7,9H2,1-3H3. The van der Waals surface area contributed by atoms with E-state index in [4.69, 9.17) is 4.74 Å². The Hall–Kier alpha value is -2.95. The fraction of sp³-hybridized carbons (Fsp3) is 0.360. The van der Waals surface area contributed by atoms with Crippen LogP contribution in [0.1, 0.15) is 74.0 Å². The van der Waals surface area contributed by atoms with Gasteiger partial charge in [0.25, 0.3) is 0 Å². The van der Waals surface area contributed by atoms with Crippen molar-refractivity contribution in [3.8, 4) is 11.6 Å². The fourth-order valence-corrected chi connectivity index (χ4v) is 3.25. The maximum Gasteiger partial charge on any atom is 0.344 e. The lowest BCUT2D eigenvalue weighted by Crippen LogP contribution is -2.12. The molecule has 0 atom stereocenters. The van der Waals surface area contributed by atoms with Gasteiger partial charge < -0.3 is 4.74 Å². The third-order valence-electron chi connectivity index (χ3n) is 5.05. The van der Waals surface area contributed by atoms with Gasteiger partial charge >= 0.3 is 5.97 Å². The molecule has 3 rings (SSSR count). The molecule has 0 amide bonds. The summed E-state index contributed by atoms with van der Waals surface area (Å²) in [6.45, 7) is 6.21. The predicted molar refractivity (Wildman–Crippen MR) is 117 cm³/mol. The molecule has 3 aromatic rings. The number of hydrogen-bond donors (Lipinski definition) is 0. The highest BCUT2D eigenvalue weighted by atomic mass is 19.1. The minimum Gasteiger partial charge on any atom is -0.404 e. The van der Waals surface area contributed by atoms with Crippen LogP contribution in [0.3, 0.4) is 0 Å².